The van der Waals surface area contributed by atoms with Crippen LogP contribution in [0.3, 0.4) is 0 Å². The summed E-state index contributed by atoms with van der Waals surface area (Å²) in [7, 11) is -4.69. The van der Waals surface area contributed by atoms with Crippen LogP contribution in [0.4, 0.5) is 4.39 Å². The van der Waals surface area contributed by atoms with Crippen LogP contribution in [0.5, 0.6) is 0 Å². The van der Waals surface area contributed by atoms with Crippen LogP contribution in [-0.2, 0) is 4.57 Å². The summed E-state index contributed by atoms with van der Waals surface area (Å²) < 4.78 is 23.8. The standard InChI is InChI=1S/C10H12FO3P/c1-2-3-8-4-6-9(7-5-8)10(11)15(12,13)14/h2-7,10H,1H3,(H2,12,13,14). The third-order valence-electron chi connectivity index (χ3n) is 1.87. The Morgan fingerprint density at radius 3 is 2.27 bits per heavy atom. The zero-order valence-corrected chi connectivity index (χ0v) is 9.06. The molecule has 0 aromatic heterocycles. The summed E-state index contributed by atoms with van der Waals surface area (Å²) >= 11 is 0. The molecule has 82 valence electrons. The van der Waals surface area contributed by atoms with Crippen LogP contribution in [0.15, 0.2) is 30.3 Å². The van der Waals surface area contributed by atoms with Gasteiger partial charge in [0.2, 0.25) is 5.91 Å². The van der Waals surface area contributed by atoms with Crippen molar-refractivity contribution in [2.45, 2.75) is 12.8 Å². The quantitative estimate of drug-likeness (QED) is 0.785. The average Bonchev–Trinajstić information content (AvgIpc) is 2.17. The molecule has 1 atom stereocenters. The fourth-order valence-corrected chi connectivity index (χ4v) is 1.71. The molecule has 1 rings (SSSR count). The van der Waals surface area contributed by atoms with E-state index in [2.05, 4.69) is 0 Å². The monoisotopic (exact) mass is 230 g/mol. The topological polar surface area (TPSA) is 57.5 Å². The van der Waals surface area contributed by atoms with Crippen LogP contribution in [-0.4, -0.2) is 9.79 Å². The van der Waals surface area contributed by atoms with E-state index in [9.17, 15) is 8.96 Å². The van der Waals surface area contributed by atoms with Gasteiger partial charge in [-0.1, -0.05) is 36.4 Å². The molecule has 1 aromatic rings. The first kappa shape index (κ1) is 12.1. The van der Waals surface area contributed by atoms with E-state index < -0.39 is 13.5 Å². The molecule has 5 heteroatoms. The zero-order chi connectivity index (χ0) is 11.5. The Labute approximate surface area is 87.4 Å². The molecular formula is C10H12FO3P. The largest absolute Gasteiger partial charge is 0.363 e. The molecule has 0 saturated heterocycles. The molecule has 0 spiro atoms. The van der Waals surface area contributed by atoms with E-state index in [1.807, 2.05) is 19.1 Å². The maximum atomic E-state index is 13.2. The fourth-order valence-electron chi connectivity index (χ4n) is 1.15. The predicted molar refractivity (Wildman–Crippen MR) is 57.0 cm³/mol. The van der Waals surface area contributed by atoms with Crippen molar-refractivity contribution in [3.8, 4) is 0 Å². The van der Waals surface area contributed by atoms with Gasteiger partial charge in [0, 0.05) is 0 Å². The highest BCUT2D eigenvalue weighted by Crippen LogP contribution is 2.52. The molecule has 0 aliphatic rings. The van der Waals surface area contributed by atoms with E-state index in [4.69, 9.17) is 9.79 Å². The van der Waals surface area contributed by atoms with Crippen LogP contribution < -0.4 is 0 Å². The van der Waals surface area contributed by atoms with Crippen LogP contribution >= 0.6 is 7.60 Å². The van der Waals surface area contributed by atoms with Crippen LogP contribution in [0.1, 0.15) is 24.0 Å². The molecule has 0 saturated carbocycles. The van der Waals surface area contributed by atoms with E-state index in [0.29, 0.717) is 0 Å². The van der Waals surface area contributed by atoms with Crippen molar-refractivity contribution in [1.29, 1.82) is 0 Å². The van der Waals surface area contributed by atoms with E-state index in [1.54, 1.807) is 12.1 Å². The van der Waals surface area contributed by atoms with Crippen LogP contribution in [0.2, 0.25) is 0 Å². The highest BCUT2D eigenvalue weighted by atomic mass is 31.2. The van der Waals surface area contributed by atoms with Gasteiger partial charge < -0.3 is 9.79 Å². The van der Waals surface area contributed by atoms with Gasteiger partial charge in [-0.2, -0.15) is 0 Å². The molecule has 2 N–H and O–H groups in total. The Hall–Kier alpha value is -0.960. The maximum Gasteiger partial charge on any atom is 0.363 e. The number of alkyl halides is 1. The first-order valence-corrected chi connectivity index (χ1v) is 6.05. The average molecular weight is 230 g/mol. The summed E-state index contributed by atoms with van der Waals surface area (Å²) in [5, 5.41) is 0. The molecule has 15 heavy (non-hydrogen) atoms. The summed E-state index contributed by atoms with van der Waals surface area (Å²) in [4.78, 5) is 17.3. The molecule has 1 unspecified atom stereocenters. The van der Waals surface area contributed by atoms with Crippen molar-refractivity contribution in [2.24, 2.45) is 0 Å². The SMILES string of the molecule is CC=Cc1ccc(C(F)P(=O)(O)O)cc1. The molecule has 0 bridgehead atoms. The van der Waals surface area contributed by atoms with Crippen molar-refractivity contribution < 1.29 is 18.7 Å². The highest BCUT2D eigenvalue weighted by Gasteiger charge is 2.29. The molecule has 0 fully saturated rings. The van der Waals surface area contributed by atoms with E-state index in [0.717, 1.165) is 5.56 Å². The van der Waals surface area contributed by atoms with Gasteiger partial charge in [-0.05, 0) is 18.1 Å². The number of hydrogen-bond donors (Lipinski definition) is 2. The Kier molecular flexibility index (Phi) is 3.80. The molecule has 0 heterocycles. The first-order chi connectivity index (χ1) is 6.95. The third kappa shape index (κ3) is 3.27. The summed E-state index contributed by atoms with van der Waals surface area (Å²) in [6.07, 6.45) is 3.64. The minimum atomic E-state index is -4.69. The molecule has 0 amide bonds. The van der Waals surface area contributed by atoms with E-state index in [1.165, 1.54) is 12.1 Å². The number of halogens is 1. The second kappa shape index (κ2) is 4.71. The van der Waals surface area contributed by atoms with Crippen molar-refractivity contribution in [3.05, 3.63) is 41.5 Å². The van der Waals surface area contributed by atoms with Gasteiger partial charge in [-0.15, -0.1) is 0 Å². The van der Waals surface area contributed by atoms with Gasteiger partial charge in [-0.3, -0.25) is 4.57 Å². The van der Waals surface area contributed by atoms with Gasteiger partial charge >= 0.3 is 7.60 Å². The zero-order valence-electron chi connectivity index (χ0n) is 8.17. The lowest BCUT2D eigenvalue weighted by Gasteiger charge is -2.10. The Morgan fingerprint density at radius 2 is 1.87 bits per heavy atom. The van der Waals surface area contributed by atoms with Crippen LogP contribution in [0, 0.1) is 0 Å². The second-order valence-electron chi connectivity index (χ2n) is 3.09. The lowest BCUT2D eigenvalue weighted by atomic mass is 10.1. The maximum absolute atomic E-state index is 13.2. The van der Waals surface area contributed by atoms with Crippen molar-refractivity contribution in [1.82, 2.24) is 0 Å². The smallest absolute Gasteiger partial charge is 0.322 e. The second-order valence-corrected chi connectivity index (χ2v) is 4.72. The third-order valence-corrected chi connectivity index (χ3v) is 2.75. The van der Waals surface area contributed by atoms with E-state index >= 15 is 0 Å². The normalized spacial score (nSPS) is 14.4. The van der Waals surface area contributed by atoms with E-state index in [-0.39, 0.29) is 5.56 Å². The lowest BCUT2D eigenvalue weighted by Crippen LogP contribution is -1.92. The predicted octanol–water partition coefficient (Wildman–Crippen LogP) is 2.87. The van der Waals surface area contributed by atoms with Crippen molar-refractivity contribution >= 4 is 13.7 Å². The number of rotatable bonds is 3. The number of benzene rings is 1. The number of allylic oxidation sites excluding steroid dienone is 1. The Morgan fingerprint density at radius 1 is 1.33 bits per heavy atom. The van der Waals surface area contributed by atoms with Crippen LogP contribution in [0.25, 0.3) is 6.08 Å². The fraction of sp³-hybridized carbons (Fsp3) is 0.200. The number of hydrogen-bond acceptors (Lipinski definition) is 1. The van der Waals surface area contributed by atoms with Gasteiger partial charge in [0.15, 0.2) is 0 Å². The summed E-state index contributed by atoms with van der Waals surface area (Å²) in [5.74, 6) is -2.24. The molecule has 3 nitrogen and oxygen atoms in total. The Bertz CT molecular complexity index is 394. The Balaban J connectivity index is 2.94. The van der Waals surface area contributed by atoms with Crippen molar-refractivity contribution in [2.75, 3.05) is 0 Å². The van der Waals surface area contributed by atoms with Gasteiger partial charge in [0.25, 0.3) is 0 Å². The van der Waals surface area contributed by atoms with Gasteiger partial charge in [-0.25, -0.2) is 4.39 Å². The summed E-state index contributed by atoms with van der Waals surface area (Å²) in [6, 6.07) is 5.97. The minimum Gasteiger partial charge on any atom is -0.322 e. The molecule has 0 aliphatic carbocycles. The van der Waals surface area contributed by atoms with Gasteiger partial charge in [0.1, 0.15) is 0 Å². The molecular weight excluding hydrogens is 218 g/mol. The molecule has 0 aliphatic heterocycles. The lowest BCUT2D eigenvalue weighted by molar-refractivity contribution is 0.303. The molecule has 0 radical (unpaired) electrons. The molecule has 1 aromatic carbocycles. The summed E-state index contributed by atoms with van der Waals surface area (Å²) in [5.41, 5.74) is 0.857. The first-order valence-electron chi connectivity index (χ1n) is 4.37. The highest BCUT2D eigenvalue weighted by molar-refractivity contribution is 7.51. The van der Waals surface area contributed by atoms with Crippen molar-refractivity contribution in [3.63, 3.8) is 0 Å². The minimum absolute atomic E-state index is 0.00316. The summed E-state index contributed by atoms with van der Waals surface area (Å²) in [6.45, 7) is 1.85. The van der Waals surface area contributed by atoms with Gasteiger partial charge in [0.05, 0.1) is 0 Å².